The first kappa shape index (κ1) is 13.2. The van der Waals surface area contributed by atoms with Crippen LogP contribution in [0.25, 0.3) is 0 Å². The van der Waals surface area contributed by atoms with Crippen LogP contribution in [0.1, 0.15) is 26.7 Å². The number of carbonyl (C=O) groups is 1. The average molecular weight is 217 g/mol. The van der Waals surface area contributed by atoms with Crippen LogP contribution in [0.2, 0.25) is 0 Å². The van der Waals surface area contributed by atoms with Gasteiger partial charge in [-0.3, -0.25) is 0 Å². The number of esters is 1. The Morgan fingerprint density at radius 3 is 2.50 bits per heavy atom. The first-order valence-corrected chi connectivity index (χ1v) is 5.12. The van der Waals surface area contributed by atoms with Crippen LogP contribution in [0, 0.1) is 0 Å². The van der Waals surface area contributed by atoms with Crippen molar-refractivity contribution in [3.05, 3.63) is 23.3 Å². The fraction of sp³-hybridized carbons (Fsp3) is 0.545. The molecule has 0 atom stereocenters. The SMILES string of the molecule is COC(=O)/C(C)=C\CC/C(C)=C/CCl. The van der Waals surface area contributed by atoms with E-state index in [1.165, 1.54) is 12.7 Å². The molecule has 0 heterocycles. The molecule has 0 unspecified atom stereocenters. The van der Waals surface area contributed by atoms with E-state index in [2.05, 4.69) is 4.74 Å². The van der Waals surface area contributed by atoms with Gasteiger partial charge in [0.15, 0.2) is 0 Å². The summed E-state index contributed by atoms with van der Waals surface area (Å²) in [6.45, 7) is 3.79. The van der Waals surface area contributed by atoms with Crippen molar-refractivity contribution in [2.45, 2.75) is 26.7 Å². The quantitative estimate of drug-likeness (QED) is 0.306. The van der Waals surface area contributed by atoms with Crippen LogP contribution in [-0.2, 0) is 9.53 Å². The van der Waals surface area contributed by atoms with Crippen LogP contribution >= 0.6 is 11.6 Å². The highest BCUT2D eigenvalue weighted by atomic mass is 35.5. The maximum absolute atomic E-state index is 11.0. The Labute approximate surface area is 90.6 Å². The predicted octanol–water partition coefficient (Wildman–Crippen LogP) is 3.07. The first-order valence-electron chi connectivity index (χ1n) is 4.58. The second kappa shape index (κ2) is 7.63. The molecule has 0 aromatic carbocycles. The van der Waals surface area contributed by atoms with Crippen molar-refractivity contribution in [3.8, 4) is 0 Å². The van der Waals surface area contributed by atoms with Crippen LogP contribution in [0.3, 0.4) is 0 Å². The van der Waals surface area contributed by atoms with Gasteiger partial charge in [0.05, 0.1) is 7.11 Å². The van der Waals surface area contributed by atoms with Crippen LogP contribution < -0.4 is 0 Å². The molecule has 14 heavy (non-hydrogen) atoms. The minimum absolute atomic E-state index is 0.260. The van der Waals surface area contributed by atoms with E-state index in [4.69, 9.17) is 11.6 Å². The van der Waals surface area contributed by atoms with Crippen LogP contribution in [-0.4, -0.2) is 19.0 Å². The standard InChI is InChI=1S/C11H17ClO2/c1-9(7-8-12)5-4-6-10(2)11(13)14-3/h6-7H,4-5,8H2,1-3H3/b9-7+,10-6-. The summed E-state index contributed by atoms with van der Waals surface area (Å²) in [4.78, 5) is 11.0. The molecule has 0 saturated heterocycles. The monoisotopic (exact) mass is 216 g/mol. The highest BCUT2D eigenvalue weighted by molar-refractivity contribution is 6.18. The van der Waals surface area contributed by atoms with Gasteiger partial charge in [-0.2, -0.15) is 0 Å². The largest absolute Gasteiger partial charge is 0.466 e. The van der Waals surface area contributed by atoms with Crippen molar-refractivity contribution in [2.24, 2.45) is 0 Å². The minimum Gasteiger partial charge on any atom is -0.466 e. The molecule has 0 radical (unpaired) electrons. The number of rotatable bonds is 5. The molecular weight excluding hydrogens is 200 g/mol. The molecule has 0 aromatic heterocycles. The highest BCUT2D eigenvalue weighted by Crippen LogP contribution is 2.07. The molecule has 0 aliphatic rings. The second-order valence-electron chi connectivity index (χ2n) is 3.12. The molecule has 0 N–H and O–H groups in total. The van der Waals surface area contributed by atoms with E-state index >= 15 is 0 Å². The maximum Gasteiger partial charge on any atom is 0.333 e. The number of hydrogen-bond donors (Lipinski definition) is 0. The predicted molar refractivity (Wildman–Crippen MR) is 59.5 cm³/mol. The van der Waals surface area contributed by atoms with Gasteiger partial charge in [0.25, 0.3) is 0 Å². The van der Waals surface area contributed by atoms with E-state index in [9.17, 15) is 4.79 Å². The van der Waals surface area contributed by atoms with Crippen LogP contribution in [0.15, 0.2) is 23.3 Å². The molecule has 0 amide bonds. The molecule has 0 aliphatic heterocycles. The van der Waals surface area contributed by atoms with Crippen LogP contribution in [0.4, 0.5) is 0 Å². The lowest BCUT2D eigenvalue weighted by Gasteiger charge is -1.99. The molecule has 2 nitrogen and oxygen atoms in total. The van der Waals surface area contributed by atoms with E-state index < -0.39 is 0 Å². The number of carbonyl (C=O) groups excluding carboxylic acids is 1. The van der Waals surface area contributed by atoms with E-state index in [-0.39, 0.29) is 5.97 Å². The van der Waals surface area contributed by atoms with Crippen LogP contribution in [0.5, 0.6) is 0 Å². The number of allylic oxidation sites excluding steroid dienone is 3. The molecule has 0 fully saturated rings. The van der Waals surface area contributed by atoms with Gasteiger partial charge in [-0.1, -0.05) is 17.7 Å². The molecule has 0 spiro atoms. The Morgan fingerprint density at radius 1 is 1.36 bits per heavy atom. The molecule has 0 aromatic rings. The Bertz CT molecular complexity index is 242. The fourth-order valence-electron chi connectivity index (χ4n) is 0.994. The number of halogens is 1. The van der Waals surface area contributed by atoms with E-state index in [0.717, 1.165) is 12.8 Å². The molecular formula is C11H17ClO2. The fourth-order valence-corrected chi connectivity index (χ4v) is 1.26. The zero-order valence-corrected chi connectivity index (χ0v) is 9.73. The van der Waals surface area contributed by atoms with Crippen molar-refractivity contribution < 1.29 is 9.53 Å². The lowest BCUT2D eigenvalue weighted by molar-refractivity contribution is -0.136. The molecule has 0 rings (SSSR count). The van der Waals surface area contributed by atoms with E-state index in [0.29, 0.717) is 11.5 Å². The Balaban J connectivity index is 3.93. The summed E-state index contributed by atoms with van der Waals surface area (Å²) >= 11 is 5.54. The van der Waals surface area contributed by atoms with Crippen molar-refractivity contribution in [3.63, 3.8) is 0 Å². The summed E-state index contributed by atoms with van der Waals surface area (Å²) in [5, 5.41) is 0. The van der Waals surface area contributed by atoms with Gasteiger partial charge in [-0.05, 0) is 26.7 Å². The Hall–Kier alpha value is -0.760. The number of methoxy groups -OCH3 is 1. The summed E-state index contributed by atoms with van der Waals surface area (Å²) < 4.78 is 4.57. The first-order chi connectivity index (χ1) is 6.61. The van der Waals surface area contributed by atoms with Crippen molar-refractivity contribution in [1.29, 1.82) is 0 Å². The lowest BCUT2D eigenvalue weighted by atomic mass is 10.1. The van der Waals surface area contributed by atoms with Crippen molar-refractivity contribution in [1.82, 2.24) is 0 Å². The Kier molecular flexibility index (Phi) is 7.21. The van der Waals surface area contributed by atoms with Gasteiger partial charge in [0, 0.05) is 11.5 Å². The summed E-state index contributed by atoms with van der Waals surface area (Å²) in [7, 11) is 1.39. The zero-order valence-electron chi connectivity index (χ0n) is 8.97. The van der Waals surface area contributed by atoms with Gasteiger partial charge in [0.1, 0.15) is 0 Å². The molecule has 80 valence electrons. The van der Waals surface area contributed by atoms with Gasteiger partial charge in [0.2, 0.25) is 0 Å². The van der Waals surface area contributed by atoms with E-state index in [1.54, 1.807) is 6.92 Å². The topological polar surface area (TPSA) is 26.3 Å². The lowest BCUT2D eigenvalue weighted by Crippen LogP contribution is -2.01. The number of ether oxygens (including phenoxy) is 1. The summed E-state index contributed by atoms with van der Waals surface area (Å²) in [6.07, 6.45) is 5.64. The van der Waals surface area contributed by atoms with Gasteiger partial charge >= 0.3 is 5.97 Å². The third-order valence-electron chi connectivity index (χ3n) is 1.92. The highest BCUT2D eigenvalue weighted by Gasteiger charge is 2.01. The summed E-state index contributed by atoms with van der Waals surface area (Å²) in [5.74, 6) is 0.287. The summed E-state index contributed by atoms with van der Waals surface area (Å²) in [6, 6.07) is 0. The normalized spacial score (nSPS) is 12.9. The zero-order chi connectivity index (χ0) is 11.0. The molecule has 0 saturated carbocycles. The second-order valence-corrected chi connectivity index (χ2v) is 3.43. The molecule has 0 aliphatic carbocycles. The third kappa shape index (κ3) is 5.81. The number of hydrogen-bond acceptors (Lipinski definition) is 2. The molecule has 0 bridgehead atoms. The summed E-state index contributed by atoms with van der Waals surface area (Å²) in [5.41, 5.74) is 1.90. The minimum atomic E-state index is -0.260. The maximum atomic E-state index is 11.0. The number of alkyl halides is 1. The van der Waals surface area contributed by atoms with Crippen molar-refractivity contribution >= 4 is 17.6 Å². The van der Waals surface area contributed by atoms with E-state index in [1.807, 2.05) is 19.1 Å². The van der Waals surface area contributed by atoms with Crippen molar-refractivity contribution in [2.75, 3.05) is 13.0 Å². The Morgan fingerprint density at radius 2 is 2.00 bits per heavy atom. The third-order valence-corrected chi connectivity index (χ3v) is 2.08. The van der Waals surface area contributed by atoms with Gasteiger partial charge in [-0.25, -0.2) is 4.79 Å². The smallest absolute Gasteiger partial charge is 0.333 e. The van der Waals surface area contributed by atoms with Gasteiger partial charge in [-0.15, -0.1) is 11.6 Å². The molecule has 3 heteroatoms. The average Bonchev–Trinajstić information content (AvgIpc) is 2.16. The van der Waals surface area contributed by atoms with Gasteiger partial charge < -0.3 is 4.74 Å².